The van der Waals surface area contributed by atoms with Gasteiger partial charge in [0.15, 0.2) is 0 Å². The van der Waals surface area contributed by atoms with Crippen LogP contribution in [0, 0.1) is 0 Å². The molecule has 0 atom stereocenters. The van der Waals surface area contributed by atoms with E-state index in [-0.39, 0.29) is 0 Å². The van der Waals surface area contributed by atoms with Crippen LogP contribution in [0.4, 0.5) is 0 Å². The Morgan fingerprint density at radius 1 is 1.38 bits per heavy atom. The SMILES string of the molecule is CCC[SH]12(C=C1)CC=C(C)N=C2C. The molecule has 1 spiro atoms. The van der Waals surface area contributed by atoms with Crippen molar-refractivity contribution in [3.8, 4) is 0 Å². The number of rotatable bonds is 2. The van der Waals surface area contributed by atoms with Gasteiger partial charge in [0.2, 0.25) is 0 Å². The molecular weight excluding hydrogens is 178 g/mol. The highest BCUT2D eigenvalue weighted by Gasteiger charge is 2.47. The van der Waals surface area contributed by atoms with Gasteiger partial charge in [-0.2, -0.15) is 0 Å². The summed E-state index contributed by atoms with van der Waals surface area (Å²) in [6.07, 6.45) is 3.60. The van der Waals surface area contributed by atoms with Crippen molar-refractivity contribution in [1.29, 1.82) is 0 Å². The largest absolute Gasteiger partial charge is 0.254 e. The van der Waals surface area contributed by atoms with Crippen LogP contribution < -0.4 is 0 Å². The zero-order chi connectivity index (χ0) is 9.55. The molecule has 0 aromatic carbocycles. The number of hydrogen-bond donors (Lipinski definition) is 1. The molecule has 2 heterocycles. The van der Waals surface area contributed by atoms with E-state index in [1.165, 1.54) is 28.7 Å². The second-order valence-corrected chi connectivity index (χ2v) is 9.80. The minimum absolute atomic E-state index is 1.21. The molecule has 2 heteroatoms. The van der Waals surface area contributed by atoms with E-state index >= 15 is 0 Å². The maximum atomic E-state index is 4.66. The Bertz CT molecular complexity index is 330. The second kappa shape index (κ2) is 2.50. The maximum absolute atomic E-state index is 4.66. The van der Waals surface area contributed by atoms with Gasteiger partial charge in [0.05, 0.1) is 0 Å². The second-order valence-electron chi connectivity index (χ2n) is 4.39. The highest BCUT2D eigenvalue weighted by Crippen LogP contribution is 2.84. The molecule has 0 N–H and O–H groups in total. The third kappa shape index (κ3) is 1.12. The van der Waals surface area contributed by atoms with Crippen LogP contribution in [0.2, 0.25) is 0 Å². The maximum Gasteiger partial charge on any atom is 0.0453 e. The van der Waals surface area contributed by atoms with Crippen molar-refractivity contribution in [2.45, 2.75) is 27.2 Å². The van der Waals surface area contributed by atoms with E-state index in [0.29, 0.717) is 0 Å². The lowest BCUT2D eigenvalue weighted by molar-refractivity contribution is 1.09. The van der Waals surface area contributed by atoms with Crippen LogP contribution in [0.3, 0.4) is 0 Å². The molecule has 0 amide bonds. The molecule has 0 unspecified atom stereocenters. The first-order chi connectivity index (χ1) is 6.11. The summed E-state index contributed by atoms with van der Waals surface area (Å²) in [5.41, 5.74) is 1.21. The molecule has 0 aromatic rings. The summed E-state index contributed by atoms with van der Waals surface area (Å²) in [6.45, 7) is 6.61. The van der Waals surface area contributed by atoms with E-state index < -0.39 is 9.16 Å². The number of thiol groups is 1. The van der Waals surface area contributed by atoms with E-state index in [1.807, 2.05) is 0 Å². The molecule has 1 nitrogen and oxygen atoms in total. The third-order valence-electron chi connectivity index (χ3n) is 3.46. The Morgan fingerprint density at radius 2 is 2.08 bits per heavy atom. The number of hydrogen-bond acceptors (Lipinski definition) is 1. The number of allylic oxidation sites excluding steroid dienone is 1. The van der Waals surface area contributed by atoms with Crippen LogP contribution in [0.1, 0.15) is 27.2 Å². The van der Waals surface area contributed by atoms with E-state index in [2.05, 4.69) is 42.7 Å². The average molecular weight is 197 g/mol. The molecule has 0 radical (unpaired) electrons. The zero-order valence-electron chi connectivity index (χ0n) is 8.75. The van der Waals surface area contributed by atoms with Crippen molar-refractivity contribution in [2.24, 2.45) is 4.99 Å². The summed E-state index contributed by atoms with van der Waals surface area (Å²) in [5.74, 6) is 2.62. The molecule has 0 fully saturated rings. The summed E-state index contributed by atoms with van der Waals surface area (Å²) in [7, 11) is -1.58. The standard InChI is InChI=1S/C11H19NS/c1-4-6-13(8-9-13)7-5-10(2)12-11(13)3/h5,8-9,13H,4,6-7H2,1-3H3. The Morgan fingerprint density at radius 3 is 2.54 bits per heavy atom. The van der Waals surface area contributed by atoms with Gasteiger partial charge in [0, 0.05) is 10.7 Å². The fraction of sp³-hybridized carbons (Fsp3) is 0.545. The molecule has 0 saturated heterocycles. The van der Waals surface area contributed by atoms with Gasteiger partial charge in [-0.1, -0.05) is 13.0 Å². The van der Waals surface area contributed by atoms with E-state index in [1.54, 1.807) is 0 Å². The topological polar surface area (TPSA) is 12.4 Å². The Kier molecular flexibility index (Phi) is 1.75. The van der Waals surface area contributed by atoms with Crippen LogP contribution in [-0.2, 0) is 0 Å². The minimum atomic E-state index is -1.58. The summed E-state index contributed by atoms with van der Waals surface area (Å²) in [6, 6.07) is 0. The monoisotopic (exact) mass is 197 g/mol. The lowest BCUT2D eigenvalue weighted by atomic mass is 10.5. The number of aliphatic imine (C=N–C) groups is 1. The zero-order valence-corrected chi connectivity index (χ0v) is 9.64. The normalized spacial score (nSPS) is 30.2. The molecule has 74 valence electrons. The third-order valence-corrected chi connectivity index (χ3v) is 9.21. The van der Waals surface area contributed by atoms with E-state index in [4.69, 9.17) is 0 Å². The van der Waals surface area contributed by atoms with Gasteiger partial charge >= 0.3 is 0 Å². The summed E-state index contributed by atoms with van der Waals surface area (Å²) in [4.78, 5) is 4.66. The first kappa shape index (κ1) is 9.07. The number of nitrogens with zero attached hydrogens (tertiary/aromatic N) is 1. The van der Waals surface area contributed by atoms with Crippen molar-refractivity contribution in [2.75, 3.05) is 11.5 Å². The van der Waals surface area contributed by atoms with Crippen LogP contribution in [0.15, 0.2) is 27.6 Å². The van der Waals surface area contributed by atoms with Crippen molar-refractivity contribution < 1.29 is 0 Å². The van der Waals surface area contributed by atoms with Crippen molar-refractivity contribution in [1.82, 2.24) is 0 Å². The van der Waals surface area contributed by atoms with Gasteiger partial charge in [0.1, 0.15) is 0 Å². The summed E-state index contributed by atoms with van der Waals surface area (Å²) >= 11 is 0. The molecule has 2 aliphatic heterocycles. The summed E-state index contributed by atoms with van der Waals surface area (Å²) in [5, 5.41) is 6.36. The molecule has 2 aliphatic rings. The van der Waals surface area contributed by atoms with Crippen molar-refractivity contribution in [3.05, 3.63) is 22.6 Å². The van der Waals surface area contributed by atoms with Crippen molar-refractivity contribution >= 4 is 14.2 Å². The Balaban J connectivity index is 2.32. The quantitative estimate of drug-likeness (QED) is 0.652. The van der Waals surface area contributed by atoms with Crippen LogP contribution in [0.25, 0.3) is 0 Å². The molecule has 0 saturated carbocycles. The smallest absolute Gasteiger partial charge is 0.0453 e. The molecule has 13 heavy (non-hydrogen) atoms. The van der Waals surface area contributed by atoms with Gasteiger partial charge in [0.25, 0.3) is 0 Å². The van der Waals surface area contributed by atoms with E-state index in [0.717, 1.165) is 0 Å². The molecular formula is C11H19NS. The molecule has 0 aromatic heterocycles. The fourth-order valence-corrected chi connectivity index (χ4v) is 7.24. The highest BCUT2D eigenvalue weighted by atomic mass is 32.3. The first-order valence-corrected chi connectivity index (χ1v) is 7.80. The van der Waals surface area contributed by atoms with Crippen LogP contribution in [-0.4, -0.2) is 16.5 Å². The van der Waals surface area contributed by atoms with Gasteiger partial charge in [-0.3, -0.25) is 4.99 Å². The average Bonchev–Trinajstić information content (AvgIpc) is 2.79. The minimum Gasteiger partial charge on any atom is -0.254 e. The Labute approximate surface area is 80.9 Å². The van der Waals surface area contributed by atoms with Crippen molar-refractivity contribution in [3.63, 3.8) is 0 Å². The van der Waals surface area contributed by atoms with Gasteiger partial charge in [-0.15, -0.1) is 0 Å². The van der Waals surface area contributed by atoms with Crippen LogP contribution >= 0.6 is 9.16 Å². The van der Waals surface area contributed by atoms with Crippen LogP contribution in [0.5, 0.6) is 0 Å². The van der Waals surface area contributed by atoms with Gasteiger partial charge in [-0.05, 0) is 42.6 Å². The predicted octanol–water partition coefficient (Wildman–Crippen LogP) is 3.29. The Hall–Kier alpha value is -0.500. The van der Waals surface area contributed by atoms with Gasteiger partial charge in [-0.25, -0.2) is 9.16 Å². The predicted molar refractivity (Wildman–Crippen MR) is 65.0 cm³/mol. The fourth-order valence-electron chi connectivity index (χ4n) is 2.30. The molecule has 2 rings (SSSR count). The lowest BCUT2D eigenvalue weighted by Crippen LogP contribution is -2.21. The van der Waals surface area contributed by atoms with Gasteiger partial charge < -0.3 is 0 Å². The summed E-state index contributed by atoms with van der Waals surface area (Å²) < 4.78 is 0. The molecule has 0 bridgehead atoms. The molecule has 0 aliphatic carbocycles. The van der Waals surface area contributed by atoms with E-state index in [9.17, 15) is 0 Å². The lowest BCUT2D eigenvalue weighted by Gasteiger charge is -2.47. The highest BCUT2D eigenvalue weighted by molar-refractivity contribution is 8.68. The first-order valence-electron chi connectivity index (χ1n) is 5.06.